The molecule has 0 bridgehead atoms. The summed E-state index contributed by atoms with van der Waals surface area (Å²) in [5.74, 6) is 1.43. The molecule has 0 aliphatic carbocycles. The maximum absolute atomic E-state index is 5.55. The molecule has 0 unspecified atom stereocenters. The molecule has 0 amide bonds. The fraction of sp³-hybridized carbons (Fsp3) is 0.500. The van der Waals surface area contributed by atoms with Crippen molar-refractivity contribution in [1.29, 1.82) is 0 Å². The minimum absolute atomic E-state index is 0.149. The number of hydrogen-bond donors (Lipinski definition) is 0. The van der Waals surface area contributed by atoms with Gasteiger partial charge in [0.2, 0.25) is 0 Å². The number of aromatic nitrogens is 1. The second-order valence-electron chi connectivity index (χ2n) is 3.14. The molecular weight excluding hydrogens is 166 g/mol. The van der Waals surface area contributed by atoms with Crippen LogP contribution in [-0.4, -0.2) is 18.2 Å². The number of hydrogen-bond acceptors (Lipinski definition) is 3. The number of methoxy groups -OCH3 is 1. The van der Waals surface area contributed by atoms with Gasteiger partial charge in [-0.05, 0) is 20.8 Å². The normalized spacial score (nSPS) is 10.2. The average Bonchev–Trinajstić information content (AvgIpc) is 2.03. The molecular formula is C10H15NO2. The van der Waals surface area contributed by atoms with Gasteiger partial charge in [-0.25, -0.2) is 0 Å². The minimum Gasteiger partial charge on any atom is -0.491 e. The van der Waals surface area contributed by atoms with E-state index in [2.05, 4.69) is 4.98 Å². The minimum atomic E-state index is 0.149. The fourth-order valence-corrected chi connectivity index (χ4v) is 1.02. The van der Waals surface area contributed by atoms with Crippen molar-refractivity contribution in [3.63, 3.8) is 0 Å². The van der Waals surface area contributed by atoms with Crippen LogP contribution < -0.4 is 9.47 Å². The van der Waals surface area contributed by atoms with Crippen molar-refractivity contribution in [2.45, 2.75) is 26.9 Å². The van der Waals surface area contributed by atoms with E-state index in [1.165, 1.54) is 0 Å². The molecule has 0 aromatic carbocycles. The summed E-state index contributed by atoms with van der Waals surface area (Å²) in [6, 6.07) is 1.87. The molecule has 72 valence electrons. The first-order chi connectivity index (χ1) is 6.13. The average molecular weight is 181 g/mol. The molecule has 0 aliphatic rings. The molecule has 0 saturated heterocycles. The Labute approximate surface area is 78.7 Å². The van der Waals surface area contributed by atoms with E-state index >= 15 is 0 Å². The summed E-state index contributed by atoms with van der Waals surface area (Å²) in [6.07, 6.45) is 1.82. The van der Waals surface area contributed by atoms with Crippen LogP contribution in [0.5, 0.6) is 11.5 Å². The molecule has 1 aromatic rings. The van der Waals surface area contributed by atoms with Gasteiger partial charge in [0.15, 0.2) is 11.5 Å². The summed E-state index contributed by atoms with van der Waals surface area (Å²) in [5, 5.41) is 0. The molecule has 1 heterocycles. The van der Waals surface area contributed by atoms with Crippen molar-refractivity contribution in [3.05, 3.63) is 18.0 Å². The van der Waals surface area contributed by atoms with Crippen molar-refractivity contribution in [2.75, 3.05) is 7.11 Å². The van der Waals surface area contributed by atoms with Crippen LogP contribution in [0.3, 0.4) is 0 Å². The van der Waals surface area contributed by atoms with Gasteiger partial charge in [-0.15, -0.1) is 0 Å². The van der Waals surface area contributed by atoms with Gasteiger partial charge in [0.1, 0.15) is 0 Å². The van der Waals surface area contributed by atoms with E-state index in [1.807, 2.05) is 26.8 Å². The van der Waals surface area contributed by atoms with Crippen molar-refractivity contribution in [1.82, 2.24) is 4.98 Å². The number of nitrogens with zero attached hydrogens (tertiary/aromatic N) is 1. The van der Waals surface area contributed by atoms with Crippen LogP contribution >= 0.6 is 0 Å². The zero-order chi connectivity index (χ0) is 9.84. The van der Waals surface area contributed by atoms with Crippen LogP contribution in [0, 0.1) is 6.92 Å². The molecule has 0 radical (unpaired) electrons. The van der Waals surface area contributed by atoms with E-state index in [1.54, 1.807) is 13.3 Å². The van der Waals surface area contributed by atoms with Crippen LogP contribution in [0.1, 0.15) is 19.5 Å². The third-order valence-electron chi connectivity index (χ3n) is 1.55. The Morgan fingerprint density at radius 1 is 1.31 bits per heavy atom. The molecule has 0 fully saturated rings. The largest absolute Gasteiger partial charge is 0.491 e. The van der Waals surface area contributed by atoms with E-state index in [0.29, 0.717) is 5.75 Å². The van der Waals surface area contributed by atoms with Gasteiger partial charge in [0, 0.05) is 11.8 Å². The standard InChI is InChI=1S/C10H15NO2/c1-7(2)13-9-5-8(3)11-6-10(9)12-4/h5-7H,1-4H3. The second kappa shape index (κ2) is 4.12. The Hall–Kier alpha value is -1.25. The molecule has 13 heavy (non-hydrogen) atoms. The number of pyridine rings is 1. The van der Waals surface area contributed by atoms with Gasteiger partial charge in [-0.3, -0.25) is 4.98 Å². The molecule has 0 atom stereocenters. The summed E-state index contributed by atoms with van der Waals surface area (Å²) in [4.78, 5) is 4.11. The number of ether oxygens (including phenoxy) is 2. The van der Waals surface area contributed by atoms with E-state index < -0.39 is 0 Å². The topological polar surface area (TPSA) is 31.4 Å². The predicted molar refractivity (Wildman–Crippen MR) is 51.3 cm³/mol. The Balaban J connectivity index is 2.94. The second-order valence-corrected chi connectivity index (χ2v) is 3.14. The molecule has 0 N–H and O–H groups in total. The van der Waals surface area contributed by atoms with Crippen molar-refractivity contribution >= 4 is 0 Å². The van der Waals surface area contributed by atoms with Gasteiger partial charge in [-0.2, -0.15) is 0 Å². The highest BCUT2D eigenvalue weighted by atomic mass is 16.5. The highest BCUT2D eigenvalue weighted by Gasteiger charge is 2.06. The van der Waals surface area contributed by atoms with Gasteiger partial charge in [-0.1, -0.05) is 0 Å². The van der Waals surface area contributed by atoms with Crippen LogP contribution in [0.15, 0.2) is 12.3 Å². The summed E-state index contributed by atoms with van der Waals surface area (Å²) in [7, 11) is 1.61. The van der Waals surface area contributed by atoms with Crippen LogP contribution in [0.2, 0.25) is 0 Å². The van der Waals surface area contributed by atoms with E-state index in [-0.39, 0.29) is 6.10 Å². The third-order valence-corrected chi connectivity index (χ3v) is 1.55. The molecule has 1 aromatic heterocycles. The molecule has 0 saturated carbocycles. The molecule has 3 heteroatoms. The first kappa shape index (κ1) is 9.84. The molecule has 0 spiro atoms. The number of aryl methyl sites for hydroxylation is 1. The van der Waals surface area contributed by atoms with Crippen LogP contribution in [-0.2, 0) is 0 Å². The lowest BCUT2D eigenvalue weighted by Gasteiger charge is -2.13. The lowest BCUT2D eigenvalue weighted by atomic mass is 10.3. The third kappa shape index (κ3) is 2.61. The van der Waals surface area contributed by atoms with Gasteiger partial charge in [0.25, 0.3) is 0 Å². The smallest absolute Gasteiger partial charge is 0.179 e. The fourth-order valence-electron chi connectivity index (χ4n) is 1.02. The van der Waals surface area contributed by atoms with Crippen LogP contribution in [0.25, 0.3) is 0 Å². The van der Waals surface area contributed by atoms with Gasteiger partial charge in [0.05, 0.1) is 19.4 Å². The molecule has 3 nitrogen and oxygen atoms in total. The molecule has 1 rings (SSSR count). The van der Waals surface area contributed by atoms with Crippen LogP contribution in [0.4, 0.5) is 0 Å². The Morgan fingerprint density at radius 2 is 2.00 bits per heavy atom. The van der Waals surface area contributed by atoms with Crippen molar-refractivity contribution in [2.24, 2.45) is 0 Å². The van der Waals surface area contributed by atoms with Gasteiger partial charge >= 0.3 is 0 Å². The first-order valence-corrected chi connectivity index (χ1v) is 4.30. The maximum atomic E-state index is 5.55. The first-order valence-electron chi connectivity index (χ1n) is 4.30. The quantitative estimate of drug-likeness (QED) is 0.716. The van der Waals surface area contributed by atoms with Gasteiger partial charge < -0.3 is 9.47 Å². The van der Waals surface area contributed by atoms with Crippen molar-refractivity contribution in [3.8, 4) is 11.5 Å². The summed E-state index contributed by atoms with van der Waals surface area (Å²) in [6.45, 7) is 5.89. The lowest BCUT2D eigenvalue weighted by molar-refractivity contribution is 0.229. The highest BCUT2D eigenvalue weighted by Crippen LogP contribution is 2.26. The Kier molecular flexibility index (Phi) is 3.12. The van der Waals surface area contributed by atoms with E-state index in [4.69, 9.17) is 9.47 Å². The Morgan fingerprint density at radius 3 is 2.54 bits per heavy atom. The lowest BCUT2D eigenvalue weighted by Crippen LogP contribution is -2.07. The zero-order valence-electron chi connectivity index (χ0n) is 8.50. The summed E-state index contributed by atoms with van der Waals surface area (Å²) < 4.78 is 10.7. The highest BCUT2D eigenvalue weighted by molar-refractivity contribution is 5.38. The summed E-state index contributed by atoms with van der Waals surface area (Å²) in [5.41, 5.74) is 0.927. The van der Waals surface area contributed by atoms with E-state index in [0.717, 1.165) is 11.4 Å². The molecule has 0 aliphatic heterocycles. The van der Waals surface area contributed by atoms with E-state index in [9.17, 15) is 0 Å². The summed E-state index contributed by atoms with van der Waals surface area (Å²) >= 11 is 0. The SMILES string of the molecule is COc1cnc(C)cc1OC(C)C. The predicted octanol–water partition coefficient (Wildman–Crippen LogP) is 2.19. The Bertz CT molecular complexity index is 284. The number of rotatable bonds is 3. The van der Waals surface area contributed by atoms with Crippen molar-refractivity contribution < 1.29 is 9.47 Å². The maximum Gasteiger partial charge on any atom is 0.179 e. The zero-order valence-corrected chi connectivity index (χ0v) is 8.50. The monoisotopic (exact) mass is 181 g/mol.